The molecule has 4 nitrogen and oxygen atoms in total. The molecule has 1 saturated carbocycles. The van der Waals surface area contributed by atoms with Crippen molar-refractivity contribution in [3.63, 3.8) is 0 Å². The molecule has 1 aliphatic rings. The molecule has 1 rings (SSSR count). The first-order chi connectivity index (χ1) is 8.82. The molecule has 0 aromatic rings. The van der Waals surface area contributed by atoms with Crippen LogP contribution in [0.4, 0.5) is 0 Å². The lowest BCUT2D eigenvalue weighted by Gasteiger charge is -2.30. The third-order valence-corrected chi connectivity index (χ3v) is 3.86. The number of hydrogen-bond donors (Lipinski definition) is 1. The SMILES string of the molecule is CC(C)CN(CCN(C)C)C(=O)CC1(N)CCCC1. The van der Waals surface area contributed by atoms with E-state index in [1.165, 1.54) is 12.8 Å². The number of carbonyl (C=O) groups is 1. The van der Waals surface area contributed by atoms with Crippen molar-refractivity contribution in [1.82, 2.24) is 9.80 Å². The minimum Gasteiger partial charge on any atom is -0.341 e. The van der Waals surface area contributed by atoms with Gasteiger partial charge in [-0.2, -0.15) is 0 Å². The number of hydrogen-bond acceptors (Lipinski definition) is 3. The van der Waals surface area contributed by atoms with Gasteiger partial charge in [-0.3, -0.25) is 4.79 Å². The fourth-order valence-electron chi connectivity index (χ4n) is 2.75. The molecular weight excluding hydrogens is 238 g/mol. The van der Waals surface area contributed by atoms with Crippen LogP contribution in [-0.2, 0) is 4.79 Å². The van der Waals surface area contributed by atoms with Gasteiger partial charge >= 0.3 is 0 Å². The summed E-state index contributed by atoms with van der Waals surface area (Å²) >= 11 is 0. The number of carbonyl (C=O) groups excluding carboxylic acids is 1. The van der Waals surface area contributed by atoms with Gasteiger partial charge in [-0.05, 0) is 32.9 Å². The van der Waals surface area contributed by atoms with Gasteiger partial charge in [0, 0.05) is 31.6 Å². The molecule has 0 atom stereocenters. The normalized spacial score (nSPS) is 18.3. The van der Waals surface area contributed by atoms with E-state index in [9.17, 15) is 4.79 Å². The summed E-state index contributed by atoms with van der Waals surface area (Å²) in [7, 11) is 4.08. The molecule has 0 heterocycles. The minimum atomic E-state index is -0.232. The van der Waals surface area contributed by atoms with Crippen LogP contribution in [0.5, 0.6) is 0 Å². The third kappa shape index (κ3) is 5.91. The van der Waals surface area contributed by atoms with Gasteiger partial charge in [-0.15, -0.1) is 0 Å². The number of nitrogens with zero attached hydrogens (tertiary/aromatic N) is 2. The van der Waals surface area contributed by atoms with Crippen LogP contribution in [0.3, 0.4) is 0 Å². The van der Waals surface area contributed by atoms with Crippen molar-refractivity contribution < 1.29 is 4.79 Å². The maximum Gasteiger partial charge on any atom is 0.224 e. The van der Waals surface area contributed by atoms with Gasteiger partial charge in [0.05, 0.1) is 0 Å². The summed E-state index contributed by atoms with van der Waals surface area (Å²) in [6.07, 6.45) is 4.87. The van der Waals surface area contributed by atoms with Crippen molar-refractivity contribution in [3.05, 3.63) is 0 Å². The van der Waals surface area contributed by atoms with E-state index in [1.54, 1.807) is 0 Å². The molecule has 1 aliphatic carbocycles. The highest BCUT2D eigenvalue weighted by atomic mass is 16.2. The van der Waals surface area contributed by atoms with Crippen molar-refractivity contribution in [2.45, 2.75) is 51.5 Å². The molecule has 1 fully saturated rings. The van der Waals surface area contributed by atoms with E-state index in [-0.39, 0.29) is 11.4 Å². The molecule has 0 aromatic carbocycles. The highest BCUT2D eigenvalue weighted by molar-refractivity contribution is 5.77. The molecule has 4 heteroatoms. The first-order valence-electron chi connectivity index (χ1n) is 7.54. The Morgan fingerprint density at radius 1 is 1.21 bits per heavy atom. The summed E-state index contributed by atoms with van der Waals surface area (Å²) in [5, 5.41) is 0. The first kappa shape index (κ1) is 16.4. The van der Waals surface area contributed by atoms with Crippen LogP contribution in [-0.4, -0.2) is 55.0 Å². The molecule has 0 aliphatic heterocycles. The van der Waals surface area contributed by atoms with Crippen LogP contribution in [0.2, 0.25) is 0 Å². The Balaban J connectivity index is 2.54. The van der Waals surface area contributed by atoms with Crippen LogP contribution in [0.25, 0.3) is 0 Å². The summed E-state index contributed by atoms with van der Waals surface area (Å²) < 4.78 is 0. The van der Waals surface area contributed by atoms with Gasteiger partial charge in [-0.1, -0.05) is 26.7 Å². The van der Waals surface area contributed by atoms with Crippen molar-refractivity contribution in [2.75, 3.05) is 33.7 Å². The predicted molar refractivity (Wildman–Crippen MR) is 80.0 cm³/mol. The van der Waals surface area contributed by atoms with Gasteiger partial charge in [0.2, 0.25) is 5.91 Å². The number of nitrogens with two attached hydrogens (primary N) is 1. The van der Waals surface area contributed by atoms with E-state index >= 15 is 0 Å². The van der Waals surface area contributed by atoms with Gasteiger partial charge in [-0.25, -0.2) is 0 Å². The standard InChI is InChI=1S/C15H31N3O/c1-13(2)12-18(10-9-17(3)4)14(19)11-15(16)7-5-6-8-15/h13H,5-12,16H2,1-4H3. The Labute approximate surface area is 118 Å². The molecule has 19 heavy (non-hydrogen) atoms. The Kier molecular flexibility index (Phi) is 6.27. The second kappa shape index (κ2) is 7.25. The third-order valence-electron chi connectivity index (χ3n) is 3.86. The Hall–Kier alpha value is -0.610. The van der Waals surface area contributed by atoms with E-state index < -0.39 is 0 Å². The van der Waals surface area contributed by atoms with Crippen LogP contribution in [0, 0.1) is 5.92 Å². The van der Waals surface area contributed by atoms with Gasteiger partial charge in [0.25, 0.3) is 0 Å². The summed E-state index contributed by atoms with van der Waals surface area (Å²) in [5.41, 5.74) is 6.09. The van der Waals surface area contributed by atoms with Crippen molar-refractivity contribution in [2.24, 2.45) is 11.7 Å². The molecule has 0 bridgehead atoms. The van der Waals surface area contributed by atoms with Crippen LogP contribution in [0.15, 0.2) is 0 Å². The van der Waals surface area contributed by atoms with Gasteiger partial charge in [0.15, 0.2) is 0 Å². The van der Waals surface area contributed by atoms with Crippen molar-refractivity contribution in [3.8, 4) is 0 Å². The second-order valence-electron chi connectivity index (χ2n) is 6.78. The number of rotatable bonds is 7. The summed E-state index contributed by atoms with van der Waals surface area (Å²) in [5.74, 6) is 0.739. The Morgan fingerprint density at radius 2 is 1.79 bits per heavy atom. The average molecular weight is 269 g/mol. The lowest BCUT2D eigenvalue weighted by Crippen LogP contribution is -2.46. The highest BCUT2D eigenvalue weighted by Crippen LogP contribution is 2.30. The average Bonchev–Trinajstić information content (AvgIpc) is 2.70. The molecule has 0 unspecified atom stereocenters. The maximum atomic E-state index is 12.5. The summed E-state index contributed by atoms with van der Waals surface area (Å²) in [6, 6.07) is 0. The quantitative estimate of drug-likeness (QED) is 0.765. The summed E-state index contributed by atoms with van der Waals surface area (Å²) in [6.45, 7) is 6.87. The molecule has 2 N–H and O–H groups in total. The Morgan fingerprint density at radius 3 is 2.26 bits per heavy atom. The van der Waals surface area contributed by atoms with Crippen molar-refractivity contribution >= 4 is 5.91 Å². The lowest BCUT2D eigenvalue weighted by molar-refractivity contribution is -0.133. The minimum absolute atomic E-state index is 0.232. The predicted octanol–water partition coefficient (Wildman–Crippen LogP) is 1.69. The summed E-state index contributed by atoms with van der Waals surface area (Å²) in [4.78, 5) is 16.6. The second-order valence-corrected chi connectivity index (χ2v) is 6.78. The Bertz CT molecular complexity index is 283. The fraction of sp³-hybridized carbons (Fsp3) is 0.933. The van der Waals surface area contributed by atoms with Gasteiger partial charge in [0.1, 0.15) is 0 Å². The zero-order chi connectivity index (χ0) is 14.5. The molecule has 0 radical (unpaired) electrons. The smallest absolute Gasteiger partial charge is 0.224 e. The first-order valence-corrected chi connectivity index (χ1v) is 7.54. The van der Waals surface area contributed by atoms with E-state index in [1.807, 2.05) is 19.0 Å². The molecular formula is C15H31N3O. The molecule has 0 spiro atoms. The molecule has 0 aromatic heterocycles. The molecule has 1 amide bonds. The van der Waals surface area contributed by atoms with Crippen LogP contribution in [0.1, 0.15) is 46.0 Å². The highest BCUT2D eigenvalue weighted by Gasteiger charge is 2.33. The number of likely N-dealkylation sites (N-methyl/N-ethyl adjacent to an activating group) is 1. The zero-order valence-electron chi connectivity index (χ0n) is 13.1. The maximum absolute atomic E-state index is 12.5. The van der Waals surface area contributed by atoms with E-state index in [2.05, 4.69) is 18.7 Å². The van der Waals surface area contributed by atoms with Crippen LogP contribution >= 0.6 is 0 Å². The monoisotopic (exact) mass is 269 g/mol. The van der Waals surface area contributed by atoms with Gasteiger partial charge < -0.3 is 15.5 Å². The molecule has 0 saturated heterocycles. The number of amides is 1. The van der Waals surface area contributed by atoms with E-state index in [0.29, 0.717) is 12.3 Å². The lowest BCUT2D eigenvalue weighted by atomic mass is 9.94. The molecule has 112 valence electrons. The fourth-order valence-corrected chi connectivity index (χ4v) is 2.75. The zero-order valence-corrected chi connectivity index (χ0v) is 13.1. The van der Waals surface area contributed by atoms with Crippen molar-refractivity contribution in [1.29, 1.82) is 0 Å². The largest absolute Gasteiger partial charge is 0.341 e. The van der Waals surface area contributed by atoms with E-state index in [4.69, 9.17) is 5.73 Å². The topological polar surface area (TPSA) is 49.6 Å². The van der Waals surface area contributed by atoms with E-state index in [0.717, 1.165) is 32.5 Å². The van der Waals surface area contributed by atoms with Crippen LogP contribution < -0.4 is 5.73 Å².